The average molecular weight is 211 g/mol. The van der Waals surface area contributed by atoms with Crippen molar-refractivity contribution in [3.05, 3.63) is 66.7 Å². The number of pyridine rings is 1. The van der Waals surface area contributed by atoms with Crippen LogP contribution >= 0.6 is 0 Å². The minimum Gasteiger partial charge on any atom is -0.323 e. The first-order valence-electron chi connectivity index (χ1n) is 5.16. The molecule has 16 heavy (non-hydrogen) atoms. The molecule has 0 saturated carbocycles. The first-order valence-corrected chi connectivity index (χ1v) is 5.16. The molecule has 0 unspecified atom stereocenters. The molecule has 2 heteroatoms. The predicted molar refractivity (Wildman–Crippen MR) is 62.8 cm³/mol. The molecule has 2 heterocycles. The van der Waals surface area contributed by atoms with Gasteiger partial charge in [-0.1, -0.05) is 18.2 Å². The largest absolute Gasteiger partial charge is 0.323 e. The lowest BCUT2D eigenvalue weighted by Gasteiger charge is -2.00. The maximum absolute atomic E-state index is 13.2. The van der Waals surface area contributed by atoms with E-state index in [1.165, 1.54) is 6.07 Å². The van der Waals surface area contributed by atoms with Gasteiger partial charge in [-0.2, -0.15) is 0 Å². The number of hydrogen-bond donors (Lipinski definition) is 0. The maximum atomic E-state index is 13.2. The van der Waals surface area contributed by atoms with Gasteiger partial charge in [-0.3, -0.25) is 0 Å². The fourth-order valence-electron chi connectivity index (χ4n) is 1.95. The van der Waals surface area contributed by atoms with Crippen LogP contribution in [0.25, 0.3) is 16.6 Å². The summed E-state index contributed by atoms with van der Waals surface area (Å²) in [6.45, 7) is 0. The molecule has 0 aliphatic rings. The predicted octanol–water partition coefficient (Wildman–Crippen LogP) is 3.75. The van der Waals surface area contributed by atoms with Crippen molar-refractivity contribution in [1.82, 2.24) is 4.40 Å². The summed E-state index contributed by atoms with van der Waals surface area (Å²) in [6, 6.07) is 14.7. The minimum absolute atomic E-state index is 0.201. The molecule has 2 aromatic heterocycles. The summed E-state index contributed by atoms with van der Waals surface area (Å²) >= 11 is 0. The van der Waals surface area contributed by atoms with Crippen LogP contribution in [0.15, 0.2) is 60.9 Å². The van der Waals surface area contributed by atoms with E-state index >= 15 is 0 Å². The molecule has 0 saturated heterocycles. The lowest BCUT2D eigenvalue weighted by Crippen LogP contribution is -1.81. The van der Waals surface area contributed by atoms with Crippen LogP contribution < -0.4 is 0 Å². The Kier molecular flexibility index (Phi) is 2.00. The van der Waals surface area contributed by atoms with Crippen LogP contribution in [0, 0.1) is 5.82 Å². The van der Waals surface area contributed by atoms with Gasteiger partial charge in [-0.15, -0.1) is 0 Å². The summed E-state index contributed by atoms with van der Waals surface area (Å²) in [4.78, 5) is 0. The van der Waals surface area contributed by atoms with E-state index in [9.17, 15) is 4.39 Å². The molecule has 78 valence electrons. The smallest absolute Gasteiger partial charge is 0.123 e. The van der Waals surface area contributed by atoms with Crippen LogP contribution in [0.1, 0.15) is 0 Å². The van der Waals surface area contributed by atoms with Crippen molar-refractivity contribution >= 4 is 5.52 Å². The van der Waals surface area contributed by atoms with E-state index in [-0.39, 0.29) is 5.82 Å². The number of benzene rings is 1. The molecule has 0 amide bonds. The van der Waals surface area contributed by atoms with Gasteiger partial charge in [0.15, 0.2) is 0 Å². The standard InChI is InChI=1S/C14H10FN/c15-12-5-3-4-11(10-12)13-7-9-16-8-2-1-6-14(13)16/h1-10H. The fourth-order valence-corrected chi connectivity index (χ4v) is 1.95. The van der Waals surface area contributed by atoms with E-state index < -0.39 is 0 Å². The number of hydrogen-bond acceptors (Lipinski definition) is 0. The summed E-state index contributed by atoms with van der Waals surface area (Å²) < 4.78 is 15.2. The first kappa shape index (κ1) is 9.16. The molecule has 0 aliphatic heterocycles. The second-order valence-electron chi connectivity index (χ2n) is 3.73. The highest BCUT2D eigenvalue weighted by molar-refractivity contribution is 5.80. The summed E-state index contributed by atoms with van der Waals surface area (Å²) in [5.41, 5.74) is 3.06. The normalized spacial score (nSPS) is 10.8. The monoisotopic (exact) mass is 211 g/mol. The number of aromatic nitrogens is 1. The summed E-state index contributed by atoms with van der Waals surface area (Å²) in [6.07, 6.45) is 3.97. The lowest BCUT2D eigenvalue weighted by molar-refractivity contribution is 0.628. The Morgan fingerprint density at radius 3 is 2.69 bits per heavy atom. The van der Waals surface area contributed by atoms with Crippen molar-refractivity contribution in [2.75, 3.05) is 0 Å². The molecular formula is C14H10FN. The van der Waals surface area contributed by atoms with E-state index in [1.807, 2.05) is 47.1 Å². The van der Waals surface area contributed by atoms with Gasteiger partial charge < -0.3 is 4.40 Å². The van der Waals surface area contributed by atoms with Gasteiger partial charge in [0, 0.05) is 18.0 Å². The Bertz CT molecular complexity index is 640. The highest BCUT2D eigenvalue weighted by atomic mass is 19.1. The molecule has 0 atom stereocenters. The van der Waals surface area contributed by atoms with Crippen molar-refractivity contribution in [2.24, 2.45) is 0 Å². The molecule has 3 rings (SSSR count). The van der Waals surface area contributed by atoms with E-state index in [1.54, 1.807) is 12.1 Å². The average Bonchev–Trinajstić information content (AvgIpc) is 2.72. The topological polar surface area (TPSA) is 4.41 Å². The van der Waals surface area contributed by atoms with Crippen LogP contribution in [0.3, 0.4) is 0 Å². The van der Waals surface area contributed by atoms with Crippen molar-refractivity contribution in [3.8, 4) is 11.1 Å². The minimum atomic E-state index is -0.201. The van der Waals surface area contributed by atoms with E-state index in [4.69, 9.17) is 0 Å². The quantitative estimate of drug-likeness (QED) is 0.577. The van der Waals surface area contributed by atoms with Crippen molar-refractivity contribution < 1.29 is 4.39 Å². The highest BCUT2D eigenvalue weighted by Gasteiger charge is 2.04. The maximum Gasteiger partial charge on any atom is 0.123 e. The molecule has 0 bridgehead atoms. The van der Waals surface area contributed by atoms with Crippen LogP contribution in [0.5, 0.6) is 0 Å². The number of rotatable bonds is 1. The number of fused-ring (bicyclic) bond motifs is 1. The van der Waals surface area contributed by atoms with Gasteiger partial charge in [0.2, 0.25) is 0 Å². The molecule has 3 aromatic rings. The third-order valence-corrected chi connectivity index (χ3v) is 2.70. The van der Waals surface area contributed by atoms with Crippen LogP contribution in [-0.2, 0) is 0 Å². The molecule has 0 N–H and O–H groups in total. The molecular weight excluding hydrogens is 201 g/mol. The van der Waals surface area contributed by atoms with E-state index in [2.05, 4.69) is 0 Å². The first-order chi connectivity index (χ1) is 7.84. The fraction of sp³-hybridized carbons (Fsp3) is 0. The summed E-state index contributed by atoms with van der Waals surface area (Å²) in [7, 11) is 0. The van der Waals surface area contributed by atoms with Gasteiger partial charge in [-0.25, -0.2) is 4.39 Å². The molecule has 1 nitrogen and oxygen atoms in total. The van der Waals surface area contributed by atoms with Crippen molar-refractivity contribution in [2.45, 2.75) is 0 Å². The van der Waals surface area contributed by atoms with Crippen LogP contribution in [0.4, 0.5) is 4.39 Å². The Morgan fingerprint density at radius 2 is 1.81 bits per heavy atom. The zero-order valence-electron chi connectivity index (χ0n) is 8.60. The van der Waals surface area contributed by atoms with Crippen molar-refractivity contribution in [1.29, 1.82) is 0 Å². The second-order valence-corrected chi connectivity index (χ2v) is 3.73. The third-order valence-electron chi connectivity index (χ3n) is 2.70. The van der Waals surface area contributed by atoms with Gasteiger partial charge in [0.25, 0.3) is 0 Å². The molecule has 0 radical (unpaired) electrons. The second kappa shape index (κ2) is 3.49. The van der Waals surface area contributed by atoms with E-state index in [0.29, 0.717) is 0 Å². The SMILES string of the molecule is Fc1cccc(-c2ccn3ccccc23)c1. The van der Waals surface area contributed by atoms with Crippen LogP contribution in [-0.4, -0.2) is 4.40 Å². The summed E-state index contributed by atoms with van der Waals surface area (Å²) in [5.74, 6) is -0.201. The zero-order valence-corrected chi connectivity index (χ0v) is 8.60. The van der Waals surface area contributed by atoms with Gasteiger partial charge in [0.05, 0.1) is 5.52 Å². The zero-order chi connectivity index (χ0) is 11.0. The Morgan fingerprint density at radius 1 is 0.875 bits per heavy atom. The Hall–Kier alpha value is -2.09. The van der Waals surface area contributed by atoms with Gasteiger partial charge >= 0.3 is 0 Å². The number of halogens is 1. The molecule has 0 aliphatic carbocycles. The summed E-state index contributed by atoms with van der Waals surface area (Å²) in [5, 5.41) is 0. The Balaban J connectivity index is 2.26. The number of nitrogens with zero attached hydrogens (tertiary/aromatic N) is 1. The molecule has 1 aromatic carbocycles. The molecule has 0 spiro atoms. The highest BCUT2D eigenvalue weighted by Crippen LogP contribution is 2.25. The third kappa shape index (κ3) is 1.39. The molecule has 0 fully saturated rings. The van der Waals surface area contributed by atoms with Gasteiger partial charge in [-0.05, 0) is 35.9 Å². The van der Waals surface area contributed by atoms with Crippen molar-refractivity contribution in [3.63, 3.8) is 0 Å². The Labute approximate surface area is 92.8 Å². The lowest BCUT2D eigenvalue weighted by atomic mass is 10.1. The van der Waals surface area contributed by atoms with Crippen LogP contribution in [0.2, 0.25) is 0 Å². The van der Waals surface area contributed by atoms with Gasteiger partial charge in [0.1, 0.15) is 5.82 Å². The van der Waals surface area contributed by atoms with E-state index in [0.717, 1.165) is 16.6 Å².